The van der Waals surface area contributed by atoms with E-state index < -0.39 is 6.04 Å². The molecule has 12 heteroatoms. The van der Waals surface area contributed by atoms with Crippen LogP contribution in [0.3, 0.4) is 0 Å². The molecule has 41 heavy (non-hydrogen) atoms. The van der Waals surface area contributed by atoms with E-state index in [4.69, 9.17) is 14.5 Å². The summed E-state index contributed by atoms with van der Waals surface area (Å²) in [6.07, 6.45) is 3.95. The van der Waals surface area contributed by atoms with E-state index in [1.165, 1.54) is 0 Å². The second-order valence-electron chi connectivity index (χ2n) is 10.4. The highest BCUT2D eigenvalue weighted by Crippen LogP contribution is 2.38. The maximum Gasteiger partial charge on any atom is 0.327 e. The first-order chi connectivity index (χ1) is 19.9. The maximum absolute atomic E-state index is 13.3. The summed E-state index contributed by atoms with van der Waals surface area (Å²) in [4.78, 5) is 37.3. The average molecular weight is 558 g/mol. The largest absolute Gasteiger partial charge is 0.497 e. The third-order valence-electron chi connectivity index (χ3n) is 7.90. The van der Waals surface area contributed by atoms with Crippen molar-refractivity contribution in [1.29, 1.82) is 0 Å². The summed E-state index contributed by atoms with van der Waals surface area (Å²) in [6, 6.07) is 14.8. The molecule has 0 unspecified atom stereocenters. The van der Waals surface area contributed by atoms with Crippen LogP contribution in [0, 0.1) is 16.0 Å². The highest BCUT2D eigenvalue weighted by atomic mass is 16.6. The van der Waals surface area contributed by atoms with Crippen LogP contribution in [0.1, 0.15) is 36.8 Å². The van der Waals surface area contributed by atoms with Gasteiger partial charge in [-0.15, -0.1) is 0 Å². The van der Waals surface area contributed by atoms with E-state index >= 15 is 0 Å². The molecule has 1 aliphatic carbocycles. The fraction of sp³-hybridized carbons (Fsp3) is 0.345. The van der Waals surface area contributed by atoms with Crippen molar-refractivity contribution in [2.24, 2.45) is 10.9 Å². The van der Waals surface area contributed by atoms with Crippen molar-refractivity contribution in [3.05, 3.63) is 86.6 Å². The van der Waals surface area contributed by atoms with Gasteiger partial charge < -0.3 is 24.3 Å². The molecule has 2 aliphatic rings. The Bertz CT molecular complexity index is 1640. The number of nitrogens with one attached hydrogen (secondary N) is 2. The van der Waals surface area contributed by atoms with E-state index in [0.29, 0.717) is 67.6 Å². The van der Waals surface area contributed by atoms with Gasteiger partial charge in [0.15, 0.2) is 5.82 Å². The Balaban J connectivity index is 1.40. The number of benzene rings is 2. The molecular formula is C29H31N7O5. The molecule has 2 N–H and O–H groups in total. The lowest BCUT2D eigenvalue weighted by Crippen LogP contribution is -2.33. The maximum atomic E-state index is 13.3. The molecule has 1 fully saturated rings. The van der Waals surface area contributed by atoms with Gasteiger partial charge in [-0.3, -0.25) is 14.7 Å². The molecule has 1 aliphatic heterocycles. The minimum atomic E-state index is -0.537. The lowest BCUT2D eigenvalue weighted by atomic mass is 9.85. The third kappa shape index (κ3) is 5.20. The van der Waals surface area contributed by atoms with Crippen molar-refractivity contribution in [2.45, 2.75) is 44.8 Å². The summed E-state index contributed by atoms with van der Waals surface area (Å²) in [7, 11) is 3.24. The van der Waals surface area contributed by atoms with E-state index in [2.05, 4.69) is 15.3 Å². The molecule has 1 saturated carbocycles. The highest BCUT2D eigenvalue weighted by Gasteiger charge is 2.34. The van der Waals surface area contributed by atoms with Gasteiger partial charge in [0.2, 0.25) is 6.04 Å². The molecule has 212 valence electrons. The fourth-order valence-electron chi connectivity index (χ4n) is 5.57. The van der Waals surface area contributed by atoms with Crippen LogP contribution in [0.15, 0.2) is 64.6 Å². The Morgan fingerprint density at radius 3 is 2.15 bits per heavy atom. The van der Waals surface area contributed by atoms with Gasteiger partial charge in [-0.2, -0.15) is 0 Å². The zero-order chi connectivity index (χ0) is 28.5. The number of nitrogens with zero attached hydrogens (tertiary/aromatic N) is 5. The molecule has 2 aromatic heterocycles. The van der Waals surface area contributed by atoms with Crippen molar-refractivity contribution < 1.29 is 14.4 Å². The summed E-state index contributed by atoms with van der Waals surface area (Å²) in [6.45, 7) is 0.841. The number of anilines is 1. The van der Waals surface area contributed by atoms with Gasteiger partial charge in [0.05, 0.1) is 33.6 Å². The Labute approximate surface area is 235 Å². The van der Waals surface area contributed by atoms with E-state index in [1.807, 2.05) is 53.1 Å². The summed E-state index contributed by atoms with van der Waals surface area (Å²) < 4.78 is 14.2. The molecule has 12 nitrogen and oxygen atoms in total. The Hall–Kier alpha value is -4.87. The predicted octanol–water partition coefficient (Wildman–Crippen LogP) is 4.44. The summed E-state index contributed by atoms with van der Waals surface area (Å²) >= 11 is 0. The van der Waals surface area contributed by atoms with Crippen LogP contribution in [-0.4, -0.2) is 50.1 Å². The molecule has 4 aromatic rings. The quantitative estimate of drug-likeness (QED) is 0.241. The third-order valence-corrected chi connectivity index (χ3v) is 7.90. The standard InChI is InChI=1S/C29H31N7O5/c1-40-22-11-3-18(4-12-22)15-34-17-30-24-25-28(35(29(37)31-25)16-19-5-13-23(41-2)14-6-19)33-26(32-27(24)34)20-7-9-21(10-8-20)36(38)39/h3-6,11-14,17,20-21H,7-10,15-16H2,1-2H3,(H,31,37)(H,32,33). The van der Waals surface area contributed by atoms with Crippen LogP contribution in [-0.2, 0) is 13.1 Å². The van der Waals surface area contributed by atoms with Crippen LogP contribution in [0.5, 0.6) is 11.5 Å². The lowest BCUT2D eigenvalue weighted by Gasteiger charge is -2.26. The molecule has 0 spiro atoms. The fourth-order valence-corrected chi connectivity index (χ4v) is 5.57. The Morgan fingerprint density at radius 2 is 1.56 bits per heavy atom. The van der Waals surface area contributed by atoms with Crippen LogP contribution >= 0.6 is 0 Å². The Morgan fingerprint density at radius 1 is 0.951 bits per heavy atom. The van der Waals surface area contributed by atoms with Crippen molar-refractivity contribution in [3.63, 3.8) is 0 Å². The average Bonchev–Trinajstić information content (AvgIpc) is 3.47. The number of fused-ring (bicyclic) bond motifs is 3. The highest BCUT2D eigenvalue weighted by molar-refractivity contribution is 6.03. The van der Waals surface area contributed by atoms with Gasteiger partial charge in [-0.25, -0.2) is 14.8 Å². The number of aromatic amines is 1. The first kappa shape index (κ1) is 26.4. The van der Waals surface area contributed by atoms with Crippen LogP contribution < -0.4 is 20.5 Å². The molecule has 0 atom stereocenters. The number of amidine groups is 1. The first-order valence-electron chi connectivity index (χ1n) is 13.6. The van der Waals surface area contributed by atoms with Crippen molar-refractivity contribution in [1.82, 2.24) is 19.1 Å². The van der Waals surface area contributed by atoms with Gasteiger partial charge in [-0.05, 0) is 48.2 Å². The van der Waals surface area contributed by atoms with Crippen LogP contribution in [0.4, 0.5) is 11.6 Å². The van der Waals surface area contributed by atoms with Gasteiger partial charge in [0.1, 0.15) is 34.5 Å². The van der Waals surface area contributed by atoms with E-state index in [0.717, 1.165) is 22.6 Å². The number of nitro groups is 1. The van der Waals surface area contributed by atoms with Gasteiger partial charge in [-0.1, -0.05) is 24.3 Å². The van der Waals surface area contributed by atoms with Crippen LogP contribution in [0.2, 0.25) is 0 Å². The molecule has 3 heterocycles. The number of ether oxygens (including phenoxy) is 2. The van der Waals surface area contributed by atoms with E-state index in [9.17, 15) is 14.9 Å². The lowest BCUT2D eigenvalue weighted by molar-refractivity contribution is -0.526. The molecule has 0 radical (unpaired) electrons. The van der Waals surface area contributed by atoms with Crippen molar-refractivity contribution >= 4 is 17.5 Å². The minimum Gasteiger partial charge on any atom is -0.497 e. The Kier molecular flexibility index (Phi) is 7.04. The van der Waals surface area contributed by atoms with Crippen molar-refractivity contribution in [2.75, 3.05) is 19.5 Å². The second-order valence-corrected chi connectivity index (χ2v) is 10.4. The SMILES string of the molecule is COc1ccc(Cn2cnc3c2N=C(C2CCC([N+](=O)[O-])CC2)Nc2c-3[nH]c(=O)n2Cc2ccc(OC)cc2)cc1. The second kappa shape index (κ2) is 11.0. The van der Waals surface area contributed by atoms with Crippen molar-refractivity contribution in [3.8, 4) is 22.9 Å². The number of hydrogen-bond acceptors (Lipinski definition) is 8. The first-order valence-corrected chi connectivity index (χ1v) is 13.6. The normalized spacial score (nSPS) is 18.0. The number of methoxy groups -OCH3 is 2. The summed E-state index contributed by atoms with van der Waals surface area (Å²) in [5, 5.41) is 14.9. The zero-order valence-corrected chi connectivity index (χ0v) is 22.9. The number of rotatable bonds is 8. The van der Waals surface area contributed by atoms with Gasteiger partial charge in [0, 0.05) is 23.7 Å². The number of hydrogen-bond donors (Lipinski definition) is 2. The molecular weight excluding hydrogens is 526 g/mol. The number of H-pyrrole nitrogens is 1. The summed E-state index contributed by atoms with van der Waals surface area (Å²) in [5.41, 5.74) is 2.82. The minimum absolute atomic E-state index is 0.0197. The molecule has 0 saturated heterocycles. The molecule has 6 rings (SSSR count). The van der Waals surface area contributed by atoms with Gasteiger partial charge in [0.25, 0.3) is 0 Å². The van der Waals surface area contributed by atoms with E-state index in [-0.39, 0.29) is 16.5 Å². The number of aromatic nitrogens is 4. The number of aliphatic imine (C=N–C) groups is 1. The summed E-state index contributed by atoms with van der Waals surface area (Å²) in [5.74, 6) is 3.37. The zero-order valence-electron chi connectivity index (χ0n) is 22.9. The predicted molar refractivity (Wildman–Crippen MR) is 154 cm³/mol. The molecule has 0 amide bonds. The monoisotopic (exact) mass is 557 g/mol. The molecule has 0 bridgehead atoms. The smallest absolute Gasteiger partial charge is 0.327 e. The molecule has 2 aromatic carbocycles. The van der Waals surface area contributed by atoms with Crippen LogP contribution in [0.25, 0.3) is 11.4 Å². The number of imidazole rings is 2. The van der Waals surface area contributed by atoms with Gasteiger partial charge >= 0.3 is 5.69 Å². The topological polar surface area (TPSA) is 142 Å². The van der Waals surface area contributed by atoms with E-state index in [1.54, 1.807) is 25.1 Å².